The average Bonchev–Trinajstić information content (AvgIpc) is 2.80. The van der Waals surface area contributed by atoms with Crippen molar-refractivity contribution in [2.24, 2.45) is 0 Å². The molecule has 1 saturated heterocycles. The molecule has 1 fully saturated rings. The first-order chi connectivity index (χ1) is 15.7. The zero-order valence-corrected chi connectivity index (χ0v) is 19.3. The molecule has 4 rings (SSSR count). The lowest BCUT2D eigenvalue weighted by molar-refractivity contribution is 0.103. The Morgan fingerprint density at radius 1 is 1.12 bits per heavy atom. The van der Waals surface area contributed by atoms with Crippen LogP contribution in [0.2, 0.25) is 5.02 Å². The zero-order valence-electron chi connectivity index (χ0n) is 17.7. The monoisotopic (exact) mass is 489 g/mol. The van der Waals surface area contributed by atoms with Crippen molar-refractivity contribution in [3.63, 3.8) is 0 Å². The highest BCUT2D eigenvalue weighted by Crippen LogP contribution is 2.28. The van der Waals surface area contributed by atoms with Gasteiger partial charge in [-0.2, -0.15) is 0 Å². The van der Waals surface area contributed by atoms with Gasteiger partial charge in [0.25, 0.3) is 10.0 Å². The summed E-state index contributed by atoms with van der Waals surface area (Å²) in [5.41, 5.74) is 1.42. The van der Waals surface area contributed by atoms with Gasteiger partial charge >= 0.3 is 0 Å². The Labute approximate surface area is 196 Å². The fourth-order valence-electron chi connectivity index (χ4n) is 3.47. The highest BCUT2D eigenvalue weighted by atomic mass is 35.5. The minimum Gasteiger partial charge on any atom is -0.378 e. The predicted octanol–water partition coefficient (Wildman–Crippen LogP) is 4.05. The lowest BCUT2D eigenvalue weighted by Gasteiger charge is -2.29. The van der Waals surface area contributed by atoms with E-state index >= 15 is 0 Å². The second kappa shape index (κ2) is 9.46. The summed E-state index contributed by atoms with van der Waals surface area (Å²) in [6.07, 6.45) is 1.41. The molecule has 1 aliphatic heterocycles. The third-order valence-electron chi connectivity index (χ3n) is 5.23. The number of hydrogen-bond acceptors (Lipinski definition) is 6. The first-order valence-electron chi connectivity index (χ1n) is 10.2. The van der Waals surface area contributed by atoms with Gasteiger partial charge in [0.05, 0.1) is 29.5 Å². The molecule has 1 N–H and O–H groups in total. The number of nitrogens with zero attached hydrogens (tertiary/aromatic N) is 2. The Morgan fingerprint density at radius 3 is 2.55 bits per heavy atom. The van der Waals surface area contributed by atoms with Crippen LogP contribution in [0.4, 0.5) is 15.8 Å². The molecule has 1 aromatic heterocycles. The molecule has 10 heteroatoms. The van der Waals surface area contributed by atoms with Crippen LogP contribution in [0.5, 0.6) is 0 Å². The van der Waals surface area contributed by atoms with Crippen molar-refractivity contribution < 1.29 is 22.3 Å². The maximum atomic E-state index is 14.8. The summed E-state index contributed by atoms with van der Waals surface area (Å²) in [5, 5.41) is 0.266. The van der Waals surface area contributed by atoms with E-state index in [0.29, 0.717) is 32.0 Å². The summed E-state index contributed by atoms with van der Waals surface area (Å²) < 4.78 is 48.5. The quantitative estimate of drug-likeness (QED) is 0.525. The molecule has 3 aromatic rings. The summed E-state index contributed by atoms with van der Waals surface area (Å²) >= 11 is 6.07. The predicted molar refractivity (Wildman–Crippen MR) is 124 cm³/mol. The SMILES string of the molecule is Cc1ccc(C(=O)c2cc(Cl)ccc2NS(=O)(=O)c2ccc(N3CCOCC3)c(F)c2)cn1. The maximum Gasteiger partial charge on any atom is 0.262 e. The van der Waals surface area contributed by atoms with Gasteiger partial charge < -0.3 is 9.64 Å². The van der Waals surface area contributed by atoms with E-state index in [9.17, 15) is 17.6 Å². The van der Waals surface area contributed by atoms with Crippen molar-refractivity contribution in [1.82, 2.24) is 4.98 Å². The number of sulfonamides is 1. The molecular weight excluding hydrogens is 469 g/mol. The first kappa shape index (κ1) is 23.2. The first-order valence-corrected chi connectivity index (χ1v) is 12.0. The number of pyridine rings is 1. The van der Waals surface area contributed by atoms with Crippen LogP contribution in [0.3, 0.4) is 0 Å². The van der Waals surface area contributed by atoms with E-state index in [2.05, 4.69) is 9.71 Å². The number of rotatable bonds is 6. The highest BCUT2D eigenvalue weighted by molar-refractivity contribution is 7.92. The standard InChI is InChI=1S/C23H21ClFN3O4S/c1-15-2-3-16(14-26-15)23(29)19-12-17(24)4-6-21(19)27-33(30,31)18-5-7-22(20(25)13-18)28-8-10-32-11-9-28/h2-7,12-14,27H,8-11H2,1H3. The Kier molecular flexibility index (Phi) is 6.64. The van der Waals surface area contributed by atoms with Crippen molar-refractivity contribution in [1.29, 1.82) is 0 Å². The molecule has 172 valence electrons. The van der Waals surface area contributed by atoms with Crippen molar-refractivity contribution in [2.75, 3.05) is 35.9 Å². The molecule has 0 unspecified atom stereocenters. The van der Waals surface area contributed by atoms with Crippen molar-refractivity contribution in [3.05, 3.63) is 82.4 Å². The number of benzene rings is 2. The van der Waals surface area contributed by atoms with Gasteiger partial charge in [0.15, 0.2) is 5.78 Å². The molecule has 1 aliphatic rings. The van der Waals surface area contributed by atoms with Gasteiger partial charge in [0.1, 0.15) is 5.82 Å². The van der Waals surface area contributed by atoms with Gasteiger partial charge in [-0.25, -0.2) is 12.8 Å². The second-order valence-electron chi connectivity index (χ2n) is 7.53. The molecule has 0 bridgehead atoms. The topological polar surface area (TPSA) is 88.6 Å². The van der Waals surface area contributed by atoms with E-state index in [4.69, 9.17) is 16.3 Å². The van der Waals surface area contributed by atoms with Crippen LogP contribution in [-0.2, 0) is 14.8 Å². The molecule has 7 nitrogen and oxygen atoms in total. The number of aryl methyl sites for hydroxylation is 1. The van der Waals surface area contributed by atoms with Gasteiger partial charge in [-0.15, -0.1) is 0 Å². The molecule has 2 aromatic carbocycles. The molecule has 0 saturated carbocycles. The molecule has 0 spiro atoms. The fourth-order valence-corrected chi connectivity index (χ4v) is 4.73. The van der Waals surface area contributed by atoms with Crippen LogP contribution in [0, 0.1) is 12.7 Å². The molecule has 0 radical (unpaired) electrons. The van der Waals surface area contributed by atoms with Gasteiger partial charge in [-0.05, 0) is 55.5 Å². The number of carbonyl (C=O) groups is 1. The summed E-state index contributed by atoms with van der Waals surface area (Å²) in [6.45, 7) is 3.78. The summed E-state index contributed by atoms with van der Waals surface area (Å²) in [7, 11) is -4.19. The largest absolute Gasteiger partial charge is 0.378 e. The van der Waals surface area contributed by atoms with Crippen molar-refractivity contribution in [3.8, 4) is 0 Å². The lowest BCUT2D eigenvalue weighted by atomic mass is 10.0. The third kappa shape index (κ3) is 5.16. The van der Waals surface area contributed by atoms with Crippen molar-refractivity contribution in [2.45, 2.75) is 11.8 Å². The summed E-state index contributed by atoms with van der Waals surface area (Å²) in [6, 6.07) is 11.2. The minimum atomic E-state index is -4.19. The van der Waals surface area contributed by atoms with Crippen molar-refractivity contribution >= 4 is 38.8 Å². The number of ketones is 1. The van der Waals surface area contributed by atoms with Crippen LogP contribution in [0.1, 0.15) is 21.6 Å². The van der Waals surface area contributed by atoms with Gasteiger partial charge in [0.2, 0.25) is 0 Å². The van der Waals surface area contributed by atoms with Crippen LogP contribution in [0.25, 0.3) is 0 Å². The van der Waals surface area contributed by atoms with Crippen LogP contribution in [-0.4, -0.2) is 45.5 Å². The third-order valence-corrected chi connectivity index (χ3v) is 6.82. The maximum absolute atomic E-state index is 14.8. The van der Waals surface area contributed by atoms with Gasteiger partial charge in [0, 0.05) is 41.1 Å². The van der Waals surface area contributed by atoms with Crippen LogP contribution >= 0.6 is 11.6 Å². The Bertz CT molecular complexity index is 1290. The lowest BCUT2D eigenvalue weighted by Crippen LogP contribution is -2.36. The van der Waals surface area contributed by atoms with E-state index in [0.717, 1.165) is 11.8 Å². The zero-order chi connectivity index (χ0) is 23.6. The Morgan fingerprint density at radius 2 is 1.88 bits per heavy atom. The van der Waals surface area contributed by atoms with E-state index < -0.39 is 21.6 Å². The number of ether oxygens (including phenoxy) is 1. The van der Waals surface area contributed by atoms with E-state index in [1.165, 1.54) is 36.5 Å². The molecule has 33 heavy (non-hydrogen) atoms. The fraction of sp³-hybridized carbons (Fsp3) is 0.217. The number of aromatic nitrogens is 1. The van der Waals surface area contributed by atoms with E-state index in [-0.39, 0.29) is 26.7 Å². The van der Waals surface area contributed by atoms with E-state index in [1.54, 1.807) is 24.0 Å². The van der Waals surface area contributed by atoms with Crippen LogP contribution in [0.15, 0.2) is 59.6 Å². The number of morpholine rings is 1. The highest BCUT2D eigenvalue weighted by Gasteiger charge is 2.23. The minimum absolute atomic E-state index is 0.0302. The molecule has 2 heterocycles. The average molecular weight is 490 g/mol. The normalized spacial score (nSPS) is 14.2. The number of carbonyl (C=O) groups excluding carboxylic acids is 1. The Balaban J connectivity index is 1.64. The summed E-state index contributed by atoms with van der Waals surface area (Å²) in [5.74, 6) is -1.10. The van der Waals surface area contributed by atoms with Gasteiger partial charge in [-0.1, -0.05) is 11.6 Å². The Hall–Kier alpha value is -3.01. The van der Waals surface area contributed by atoms with Gasteiger partial charge in [-0.3, -0.25) is 14.5 Å². The smallest absolute Gasteiger partial charge is 0.262 e. The number of hydrogen-bond donors (Lipinski definition) is 1. The number of halogens is 2. The molecule has 0 atom stereocenters. The van der Waals surface area contributed by atoms with Crippen LogP contribution < -0.4 is 9.62 Å². The van der Waals surface area contributed by atoms with E-state index in [1.807, 2.05) is 0 Å². The molecular formula is C23H21ClFN3O4S. The summed E-state index contributed by atoms with van der Waals surface area (Å²) in [4.78, 5) is 18.7. The molecule has 0 amide bonds. The number of anilines is 2. The second-order valence-corrected chi connectivity index (χ2v) is 9.64. The number of nitrogens with one attached hydrogen (secondary N) is 1. The molecule has 0 aliphatic carbocycles.